The Bertz CT molecular complexity index is 621. The van der Waals surface area contributed by atoms with Crippen molar-refractivity contribution < 1.29 is 9.53 Å². The first-order chi connectivity index (χ1) is 11.3. The minimum absolute atomic E-state index is 0.0139. The molecule has 2 fully saturated rings. The third-order valence-corrected chi connectivity index (χ3v) is 4.53. The lowest BCUT2D eigenvalue weighted by molar-refractivity contribution is -0.128. The second kappa shape index (κ2) is 7.40. The quantitative estimate of drug-likeness (QED) is 0.794. The van der Waals surface area contributed by atoms with Crippen molar-refractivity contribution in [2.24, 2.45) is 0 Å². The van der Waals surface area contributed by atoms with Gasteiger partial charge >= 0.3 is 0 Å². The van der Waals surface area contributed by atoms with Crippen LogP contribution in [0.1, 0.15) is 17.5 Å². The van der Waals surface area contributed by atoms with Crippen LogP contribution >= 0.6 is 0 Å². The standard InChI is InChI=1S/C18H21N3O2/c19-13-16-4-2-1-3-15(16)5-6-18(22)21-10-8-20(9-11-21)17-7-12-23-14-17/h1-6,17H,7-12,14H2/b6-5+. The van der Waals surface area contributed by atoms with Crippen LogP contribution in [0.5, 0.6) is 0 Å². The van der Waals surface area contributed by atoms with E-state index in [-0.39, 0.29) is 5.91 Å². The molecule has 1 aromatic carbocycles. The zero-order valence-electron chi connectivity index (χ0n) is 13.1. The number of nitrogens with zero attached hydrogens (tertiary/aromatic N) is 3. The summed E-state index contributed by atoms with van der Waals surface area (Å²) in [7, 11) is 0. The van der Waals surface area contributed by atoms with Gasteiger partial charge in [-0.15, -0.1) is 0 Å². The molecular weight excluding hydrogens is 290 g/mol. The number of rotatable bonds is 3. The minimum Gasteiger partial charge on any atom is -0.380 e. The van der Waals surface area contributed by atoms with Gasteiger partial charge in [-0.3, -0.25) is 9.69 Å². The van der Waals surface area contributed by atoms with Crippen LogP contribution in [0, 0.1) is 11.3 Å². The van der Waals surface area contributed by atoms with E-state index in [4.69, 9.17) is 10.00 Å². The number of piperazine rings is 1. The minimum atomic E-state index is 0.0139. The van der Waals surface area contributed by atoms with E-state index in [1.165, 1.54) is 0 Å². The zero-order valence-corrected chi connectivity index (χ0v) is 13.1. The van der Waals surface area contributed by atoms with Gasteiger partial charge in [-0.05, 0) is 24.1 Å². The lowest BCUT2D eigenvalue weighted by Crippen LogP contribution is -2.51. The smallest absolute Gasteiger partial charge is 0.246 e. The van der Waals surface area contributed by atoms with Crippen molar-refractivity contribution >= 4 is 12.0 Å². The molecule has 0 aromatic heterocycles. The van der Waals surface area contributed by atoms with E-state index >= 15 is 0 Å². The number of amides is 1. The molecule has 2 aliphatic heterocycles. The molecular formula is C18H21N3O2. The van der Waals surface area contributed by atoms with E-state index < -0.39 is 0 Å². The first kappa shape index (κ1) is 15.7. The van der Waals surface area contributed by atoms with Crippen LogP contribution in [0.2, 0.25) is 0 Å². The molecule has 0 saturated carbocycles. The largest absolute Gasteiger partial charge is 0.380 e. The van der Waals surface area contributed by atoms with E-state index in [1.54, 1.807) is 18.2 Å². The number of hydrogen-bond donors (Lipinski definition) is 0. The monoisotopic (exact) mass is 311 g/mol. The van der Waals surface area contributed by atoms with Crippen molar-refractivity contribution in [1.29, 1.82) is 5.26 Å². The Morgan fingerprint density at radius 1 is 1.26 bits per heavy atom. The van der Waals surface area contributed by atoms with Crippen LogP contribution in [0.3, 0.4) is 0 Å². The van der Waals surface area contributed by atoms with Crippen molar-refractivity contribution in [2.45, 2.75) is 12.5 Å². The Kier molecular flexibility index (Phi) is 5.06. The fraction of sp³-hybridized carbons (Fsp3) is 0.444. The summed E-state index contributed by atoms with van der Waals surface area (Å²) in [6.45, 7) is 4.98. The molecule has 23 heavy (non-hydrogen) atoms. The fourth-order valence-corrected chi connectivity index (χ4v) is 3.13. The molecule has 1 atom stereocenters. The molecule has 1 aromatic rings. The molecule has 2 saturated heterocycles. The van der Waals surface area contributed by atoms with Crippen LogP contribution in [0.15, 0.2) is 30.3 Å². The summed E-state index contributed by atoms with van der Waals surface area (Å²) in [5.41, 5.74) is 1.37. The maximum Gasteiger partial charge on any atom is 0.246 e. The number of carbonyl (C=O) groups is 1. The Labute approximate surface area is 136 Å². The summed E-state index contributed by atoms with van der Waals surface area (Å²) in [6.07, 6.45) is 4.40. The molecule has 0 bridgehead atoms. The molecule has 1 unspecified atom stereocenters. The predicted molar refractivity (Wildman–Crippen MR) is 87.6 cm³/mol. The highest BCUT2D eigenvalue weighted by atomic mass is 16.5. The topological polar surface area (TPSA) is 56.6 Å². The predicted octanol–water partition coefficient (Wildman–Crippen LogP) is 1.50. The first-order valence-electron chi connectivity index (χ1n) is 8.06. The van der Waals surface area contributed by atoms with Gasteiger partial charge in [0.1, 0.15) is 0 Å². The summed E-state index contributed by atoms with van der Waals surface area (Å²) in [5.74, 6) is 0.0139. The third kappa shape index (κ3) is 3.79. The van der Waals surface area contributed by atoms with E-state index in [0.717, 1.165) is 51.4 Å². The van der Waals surface area contributed by atoms with Crippen LogP contribution in [-0.2, 0) is 9.53 Å². The van der Waals surface area contributed by atoms with Crippen molar-refractivity contribution in [3.63, 3.8) is 0 Å². The third-order valence-electron chi connectivity index (χ3n) is 4.53. The van der Waals surface area contributed by atoms with E-state index in [9.17, 15) is 4.79 Å². The SMILES string of the molecule is N#Cc1ccccc1/C=C/C(=O)N1CCN(C2CCOC2)CC1. The molecule has 1 amide bonds. The lowest BCUT2D eigenvalue weighted by atomic mass is 10.1. The number of carbonyl (C=O) groups excluding carboxylic acids is 1. The lowest BCUT2D eigenvalue weighted by Gasteiger charge is -2.37. The molecule has 5 heteroatoms. The van der Waals surface area contributed by atoms with Gasteiger partial charge in [-0.2, -0.15) is 5.26 Å². The van der Waals surface area contributed by atoms with Gasteiger partial charge < -0.3 is 9.64 Å². The summed E-state index contributed by atoms with van der Waals surface area (Å²) in [6, 6.07) is 9.96. The molecule has 0 aliphatic carbocycles. The first-order valence-corrected chi connectivity index (χ1v) is 8.06. The van der Waals surface area contributed by atoms with E-state index in [0.29, 0.717) is 11.6 Å². The average Bonchev–Trinajstić information content (AvgIpc) is 3.14. The van der Waals surface area contributed by atoms with Gasteiger partial charge in [-0.25, -0.2) is 0 Å². The molecule has 2 aliphatic rings. The fourth-order valence-electron chi connectivity index (χ4n) is 3.13. The van der Waals surface area contributed by atoms with Crippen LogP contribution < -0.4 is 0 Å². The highest BCUT2D eigenvalue weighted by Gasteiger charge is 2.27. The number of ether oxygens (including phenoxy) is 1. The molecule has 120 valence electrons. The molecule has 5 nitrogen and oxygen atoms in total. The molecule has 3 rings (SSSR count). The van der Waals surface area contributed by atoms with Gasteiger partial charge in [0.05, 0.1) is 18.2 Å². The highest BCUT2D eigenvalue weighted by molar-refractivity contribution is 5.92. The molecule has 0 radical (unpaired) electrons. The van der Waals surface area contributed by atoms with Crippen LogP contribution in [0.25, 0.3) is 6.08 Å². The normalized spacial score (nSPS) is 22.4. The highest BCUT2D eigenvalue weighted by Crippen LogP contribution is 2.15. The summed E-state index contributed by atoms with van der Waals surface area (Å²) in [5, 5.41) is 9.07. The Morgan fingerprint density at radius 2 is 2.04 bits per heavy atom. The van der Waals surface area contributed by atoms with Gasteiger partial charge in [-0.1, -0.05) is 18.2 Å². The van der Waals surface area contributed by atoms with Crippen molar-refractivity contribution in [2.75, 3.05) is 39.4 Å². The second-order valence-corrected chi connectivity index (χ2v) is 5.91. The van der Waals surface area contributed by atoms with Crippen molar-refractivity contribution in [1.82, 2.24) is 9.80 Å². The Morgan fingerprint density at radius 3 is 2.74 bits per heavy atom. The zero-order chi connectivity index (χ0) is 16.1. The average molecular weight is 311 g/mol. The van der Waals surface area contributed by atoms with E-state index in [1.807, 2.05) is 23.1 Å². The van der Waals surface area contributed by atoms with Crippen molar-refractivity contribution in [3.05, 3.63) is 41.5 Å². The molecule has 0 spiro atoms. The molecule has 2 heterocycles. The Hall–Kier alpha value is -2.16. The van der Waals surface area contributed by atoms with Gasteiger partial charge in [0.25, 0.3) is 0 Å². The Balaban J connectivity index is 1.55. The van der Waals surface area contributed by atoms with E-state index in [2.05, 4.69) is 11.0 Å². The summed E-state index contributed by atoms with van der Waals surface area (Å²) < 4.78 is 5.43. The number of benzene rings is 1. The maximum atomic E-state index is 12.3. The van der Waals surface area contributed by atoms with Crippen LogP contribution in [-0.4, -0.2) is 61.1 Å². The summed E-state index contributed by atoms with van der Waals surface area (Å²) in [4.78, 5) is 16.6. The van der Waals surface area contributed by atoms with Gasteiger partial charge in [0, 0.05) is 44.9 Å². The summed E-state index contributed by atoms with van der Waals surface area (Å²) >= 11 is 0. The number of nitriles is 1. The maximum absolute atomic E-state index is 12.3. The van der Waals surface area contributed by atoms with Crippen molar-refractivity contribution in [3.8, 4) is 6.07 Å². The molecule has 0 N–H and O–H groups in total. The van der Waals surface area contributed by atoms with Crippen LogP contribution in [0.4, 0.5) is 0 Å². The number of hydrogen-bond acceptors (Lipinski definition) is 4. The van der Waals surface area contributed by atoms with Gasteiger partial charge in [0.2, 0.25) is 5.91 Å². The van der Waals surface area contributed by atoms with Gasteiger partial charge in [0.15, 0.2) is 0 Å². The second-order valence-electron chi connectivity index (χ2n) is 5.91.